The summed E-state index contributed by atoms with van der Waals surface area (Å²) >= 11 is 3.18. The molecule has 15 heavy (non-hydrogen) atoms. The van der Waals surface area contributed by atoms with E-state index in [-0.39, 0.29) is 4.90 Å². The molecule has 6 heteroatoms. The third kappa shape index (κ3) is 3.89. The second kappa shape index (κ2) is 5.58. The summed E-state index contributed by atoms with van der Waals surface area (Å²) in [5.74, 6) is 0. The summed E-state index contributed by atoms with van der Waals surface area (Å²) in [6, 6.07) is 1.53. The maximum Gasteiger partial charge on any atom is 0.242 e. The third-order valence-corrected chi connectivity index (χ3v) is 3.67. The second-order valence-corrected chi connectivity index (χ2v) is 5.77. The zero-order chi connectivity index (χ0) is 11.3. The van der Waals surface area contributed by atoms with Crippen LogP contribution < -0.4 is 4.72 Å². The Balaban J connectivity index is 2.77. The van der Waals surface area contributed by atoms with Crippen LogP contribution in [0.2, 0.25) is 0 Å². The van der Waals surface area contributed by atoms with Gasteiger partial charge in [0.1, 0.15) is 4.90 Å². The Bertz CT molecular complexity index is 420. The molecule has 0 fully saturated rings. The minimum Gasteiger partial charge on any atom is -0.262 e. The predicted molar refractivity (Wildman–Crippen MR) is 62.0 cm³/mol. The van der Waals surface area contributed by atoms with Crippen LogP contribution in [-0.2, 0) is 10.0 Å². The van der Waals surface area contributed by atoms with E-state index in [0.717, 1.165) is 12.8 Å². The molecule has 4 nitrogen and oxygen atoms in total. The number of hydrogen-bond donors (Lipinski definition) is 1. The van der Waals surface area contributed by atoms with Crippen molar-refractivity contribution < 1.29 is 8.42 Å². The van der Waals surface area contributed by atoms with Gasteiger partial charge in [-0.2, -0.15) is 0 Å². The first-order valence-electron chi connectivity index (χ1n) is 4.66. The minimum absolute atomic E-state index is 0.188. The quantitative estimate of drug-likeness (QED) is 0.844. The molecule has 0 spiro atoms. The molecule has 1 heterocycles. The van der Waals surface area contributed by atoms with Gasteiger partial charge in [-0.3, -0.25) is 4.98 Å². The second-order valence-electron chi connectivity index (χ2n) is 3.09. The number of unbranched alkanes of at least 4 members (excludes halogenated alkanes) is 1. The molecular formula is C9H13BrN2O2S. The van der Waals surface area contributed by atoms with Crippen molar-refractivity contribution in [3.63, 3.8) is 0 Å². The van der Waals surface area contributed by atoms with Gasteiger partial charge in [-0.05, 0) is 28.4 Å². The molecule has 0 unspecified atom stereocenters. The fourth-order valence-corrected chi connectivity index (χ4v) is 2.58. The van der Waals surface area contributed by atoms with Gasteiger partial charge in [0.05, 0.1) is 0 Å². The molecule has 0 aliphatic heterocycles. The highest BCUT2D eigenvalue weighted by atomic mass is 79.9. The number of hydrogen-bond acceptors (Lipinski definition) is 3. The van der Waals surface area contributed by atoms with Crippen LogP contribution in [0.1, 0.15) is 19.8 Å². The van der Waals surface area contributed by atoms with Crippen LogP contribution in [-0.4, -0.2) is 19.9 Å². The van der Waals surface area contributed by atoms with Crippen molar-refractivity contribution in [3.8, 4) is 0 Å². The highest BCUT2D eigenvalue weighted by molar-refractivity contribution is 9.10. The van der Waals surface area contributed by atoms with Crippen LogP contribution in [0.25, 0.3) is 0 Å². The number of aromatic nitrogens is 1. The summed E-state index contributed by atoms with van der Waals surface area (Å²) in [6.45, 7) is 2.47. The number of pyridine rings is 1. The Morgan fingerprint density at radius 3 is 2.80 bits per heavy atom. The largest absolute Gasteiger partial charge is 0.262 e. The summed E-state index contributed by atoms with van der Waals surface area (Å²) in [6.07, 6.45) is 4.67. The van der Waals surface area contributed by atoms with Crippen LogP contribution in [0.3, 0.4) is 0 Å². The van der Waals surface area contributed by atoms with E-state index in [0.29, 0.717) is 11.0 Å². The molecule has 0 aliphatic rings. The Kier molecular flexibility index (Phi) is 4.69. The molecule has 0 saturated heterocycles. The first-order chi connectivity index (χ1) is 7.06. The van der Waals surface area contributed by atoms with Gasteiger partial charge in [0.25, 0.3) is 0 Å². The topological polar surface area (TPSA) is 59.1 Å². The molecule has 1 aromatic heterocycles. The lowest BCUT2D eigenvalue weighted by Crippen LogP contribution is -2.24. The van der Waals surface area contributed by atoms with E-state index in [1.807, 2.05) is 6.92 Å². The molecule has 0 amide bonds. The van der Waals surface area contributed by atoms with Crippen molar-refractivity contribution in [2.75, 3.05) is 6.54 Å². The molecule has 84 valence electrons. The Labute approximate surface area is 98.3 Å². The van der Waals surface area contributed by atoms with Crippen LogP contribution >= 0.6 is 15.9 Å². The average Bonchev–Trinajstić information content (AvgIpc) is 2.18. The molecule has 0 atom stereocenters. The Morgan fingerprint density at radius 1 is 1.47 bits per heavy atom. The molecule has 0 bridgehead atoms. The summed E-state index contributed by atoms with van der Waals surface area (Å²) in [5.41, 5.74) is 0. The minimum atomic E-state index is -3.40. The van der Waals surface area contributed by atoms with Gasteiger partial charge in [-0.15, -0.1) is 0 Å². The number of nitrogens with zero attached hydrogens (tertiary/aromatic N) is 1. The number of halogens is 1. The highest BCUT2D eigenvalue weighted by Gasteiger charge is 2.13. The number of rotatable bonds is 5. The van der Waals surface area contributed by atoms with Gasteiger partial charge in [0.15, 0.2) is 0 Å². The van der Waals surface area contributed by atoms with E-state index in [1.54, 1.807) is 6.20 Å². The lowest BCUT2D eigenvalue weighted by molar-refractivity contribution is 0.578. The van der Waals surface area contributed by atoms with E-state index in [2.05, 4.69) is 25.6 Å². The normalized spacial score (nSPS) is 11.6. The van der Waals surface area contributed by atoms with Crippen molar-refractivity contribution in [1.82, 2.24) is 9.71 Å². The third-order valence-electron chi connectivity index (χ3n) is 1.81. The number of sulfonamides is 1. The predicted octanol–water partition coefficient (Wildman–Crippen LogP) is 1.92. The van der Waals surface area contributed by atoms with Gasteiger partial charge in [-0.25, -0.2) is 13.1 Å². The van der Waals surface area contributed by atoms with Gasteiger partial charge in [0.2, 0.25) is 10.0 Å². The smallest absolute Gasteiger partial charge is 0.242 e. The monoisotopic (exact) mass is 292 g/mol. The van der Waals surface area contributed by atoms with Gasteiger partial charge < -0.3 is 0 Å². The molecule has 0 aromatic carbocycles. The van der Waals surface area contributed by atoms with Gasteiger partial charge >= 0.3 is 0 Å². The fraction of sp³-hybridized carbons (Fsp3) is 0.444. The summed E-state index contributed by atoms with van der Waals surface area (Å²) < 4.78 is 26.5. The van der Waals surface area contributed by atoms with Crippen LogP contribution in [0.4, 0.5) is 0 Å². The molecular weight excluding hydrogens is 280 g/mol. The van der Waals surface area contributed by atoms with Gasteiger partial charge in [-0.1, -0.05) is 13.3 Å². The molecule has 0 radical (unpaired) electrons. The van der Waals surface area contributed by atoms with Crippen LogP contribution in [0.15, 0.2) is 27.8 Å². The maximum atomic E-state index is 11.7. The zero-order valence-corrected chi connectivity index (χ0v) is 10.8. The Hall–Kier alpha value is -0.460. The standard InChI is InChI=1S/C9H13BrN2O2S/c1-2-3-4-12-15(13,14)9-5-8(10)6-11-7-9/h5-7,12H,2-4H2,1H3. The molecule has 1 N–H and O–H groups in total. The van der Waals surface area contributed by atoms with E-state index in [4.69, 9.17) is 0 Å². The lowest BCUT2D eigenvalue weighted by atomic mass is 10.3. The van der Waals surface area contributed by atoms with E-state index in [9.17, 15) is 8.42 Å². The SMILES string of the molecule is CCCCNS(=O)(=O)c1cncc(Br)c1. The van der Waals surface area contributed by atoms with E-state index in [1.165, 1.54) is 12.3 Å². The van der Waals surface area contributed by atoms with Crippen molar-refractivity contribution in [2.24, 2.45) is 0 Å². The van der Waals surface area contributed by atoms with Crippen LogP contribution in [0.5, 0.6) is 0 Å². The fourth-order valence-electron chi connectivity index (χ4n) is 1.01. The van der Waals surface area contributed by atoms with E-state index < -0.39 is 10.0 Å². The van der Waals surface area contributed by atoms with Crippen molar-refractivity contribution in [2.45, 2.75) is 24.7 Å². The summed E-state index contributed by atoms with van der Waals surface area (Å²) in [5, 5.41) is 0. The molecule has 1 aromatic rings. The molecule has 0 saturated carbocycles. The van der Waals surface area contributed by atoms with Crippen molar-refractivity contribution >= 4 is 26.0 Å². The first-order valence-corrected chi connectivity index (χ1v) is 6.94. The van der Waals surface area contributed by atoms with E-state index >= 15 is 0 Å². The van der Waals surface area contributed by atoms with Gasteiger partial charge in [0, 0.05) is 23.4 Å². The maximum absolute atomic E-state index is 11.7. The molecule has 0 aliphatic carbocycles. The molecule has 1 rings (SSSR count). The van der Waals surface area contributed by atoms with Crippen LogP contribution in [0, 0.1) is 0 Å². The highest BCUT2D eigenvalue weighted by Crippen LogP contribution is 2.13. The zero-order valence-electron chi connectivity index (χ0n) is 8.40. The van der Waals surface area contributed by atoms with Crippen molar-refractivity contribution in [1.29, 1.82) is 0 Å². The first kappa shape index (κ1) is 12.6. The average molecular weight is 293 g/mol. The van der Waals surface area contributed by atoms with Crippen molar-refractivity contribution in [3.05, 3.63) is 22.9 Å². The summed E-state index contributed by atoms with van der Waals surface area (Å²) in [4.78, 5) is 4.00. The summed E-state index contributed by atoms with van der Waals surface area (Å²) in [7, 11) is -3.40. The Morgan fingerprint density at radius 2 is 2.20 bits per heavy atom. The number of nitrogens with one attached hydrogen (secondary N) is 1. The lowest BCUT2D eigenvalue weighted by Gasteiger charge is -2.05.